The molecule has 1 aliphatic heterocycles. The van der Waals surface area contributed by atoms with E-state index in [4.69, 9.17) is 11.6 Å². The summed E-state index contributed by atoms with van der Waals surface area (Å²) in [5, 5.41) is 13.1. The molecule has 9 nitrogen and oxygen atoms in total. The maximum Gasteiger partial charge on any atom is 0.417 e. The molecule has 2 aromatic carbocycles. The number of halogens is 4. The number of hydrogen-bond donors (Lipinski definition) is 3. The van der Waals surface area contributed by atoms with E-state index in [1.165, 1.54) is 6.07 Å². The Kier molecular flexibility index (Phi) is 8.33. The number of aromatic nitrogens is 2. The first kappa shape index (κ1) is 29.2. The van der Waals surface area contributed by atoms with Crippen LogP contribution in [0.1, 0.15) is 32.7 Å². The molecule has 40 heavy (non-hydrogen) atoms. The van der Waals surface area contributed by atoms with E-state index in [0.717, 1.165) is 34.3 Å². The lowest BCUT2D eigenvalue weighted by Crippen LogP contribution is -2.38. The molecule has 2 heterocycles. The highest BCUT2D eigenvalue weighted by Crippen LogP contribution is 2.39. The summed E-state index contributed by atoms with van der Waals surface area (Å²) in [6.45, 7) is 4.81. The number of likely N-dealkylation sites (N-methyl/N-ethyl adjacent to an activating group) is 1. The van der Waals surface area contributed by atoms with Gasteiger partial charge in [-0.15, -0.1) is 5.53 Å². The number of nitrogens with zero attached hydrogens (tertiary/aromatic N) is 5. The van der Waals surface area contributed by atoms with Gasteiger partial charge < -0.3 is 15.5 Å². The van der Waals surface area contributed by atoms with Crippen LogP contribution >= 0.6 is 11.6 Å². The summed E-state index contributed by atoms with van der Waals surface area (Å²) in [7, 11) is 7.44. The smallest absolute Gasteiger partial charge is 0.383 e. The minimum Gasteiger partial charge on any atom is -0.383 e. The molecule has 0 saturated carbocycles. The van der Waals surface area contributed by atoms with Gasteiger partial charge in [0.1, 0.15) is 0 Å². The molecule has 0 saturated heterocycles. The van der Waals surface area contributed by atoms with E-state index in [1.807, 2.05) is 69.2 Å². The third kappa shape index (κ3) is 6.19. The summed E-state index contributed by atoms with van der Waals surface area (Å²) in [4.78, 5) is 15.0. The van der Waals surface area contributed by atoms with Gasteiger partial charge >= 0.3 is 6.18 Å². The molecule has 0 unspecified atom stereocenters. The van der Waals surface area contributed by atoms with Crippen LogP contribution in [0.25, 0.3) is 5.70 Å². The molecular weight excluding hydrogens is 545 g/mol. The summed E-state index contributed by atoms with van der Waals surface area (Å²) >= 11 is 6.08. The second kappa shape index (κ2) is 11.4. The lowest BCUT2D eigenvalue weighted by atomic mass is 10.1. The average Bonchev–Trinajstić information content (AvgIpc) is 3.41. The van der Waals surface area contributed by atoms with E-state index >= 15 is 0 Å². The van der Waals surface area contributed by atoms with E-state index in [9.17, 15) is 18.0 Å². The van der Waals surface area contributed by atoms with Crippen LogP contribution in [0, 0.1) is 13.8 Å². The molecule has 1 aromatic heterocycles. The number of benzene rings is 2. The topological polar surface area (TPSA) is 80.7 Å². The number of rotatable bonds is 8. The zero-order valence-electron chi connectivity index (χ0n) is 23.1. The highest BCUT2D eigenvalue weighted by atomic mass is 35.5. The standard InChI is InChI=1S/C27H32ClF3N8O/c1-16-7-8-19(13-23(16)39-15-24(38(6)35-39)20-14-33-37(5)17(20)2)34-26(40)18-11-21(27(29,30)31)25(28)22(12-18)32-9-10-36(3)4/h7-8,11-15,32,35H,9-10H2,1-6H3,(H,34,40). The molecule has 0 aliphatic carbocycles. The van der Waals surface area contributed by atoms with Crippen molar-refractivity contribution in [3.05, 3.63) is 75.7 Å². The van der Waals surface area contributed by atoms with Crippen LogP contribution in [0.15, 0.2) is 42.7 Å². The molecule has 0 bridgehead atoms. The quantitative estimate of drug-likeness (QED) is 0.344. The Morgan fingerprint density at radius 2 is 1.88 bits per heavy atom. The summed E-state index contributed by atoms with van der Waals surface area (Å²) in [6, 6.07) is 7.38. The van der Waals surface area contributed by atoms with Crippen LogP contribution in [0.5, 0.6) is 0 Å². The van der Waals surface area contributed by atoms with Gasteiger partial charge in [0.05, 0.1) is 33.9 Å². The van der Waals surface area contributed by atoms with Crippen molar-refractivity contribution >= 4 is 40.3 Å². The minimum absolute atomic E-state index is 0.0424. The van der Waals surface area contributed by atoms with Gasteiger partial charge in [-0.1, -0.05) is 17.7 Å². The van der Waals surface area contributed by atoms with Gasteiger partial charge in [-0.05, 0) is 57.8 Å². The zero-order valence-corrected chi connectivity index (χ0v) is 23.9. The SMILES string of the molecule is Cc1ccc(NC(=O)c2cc(NCCN(C)C)c(Cl)c(C(F)(F)F)c2)cc1N1C=C(c2cnn(C)c2C)N(C)N1. The zero-order chi connectivity index (χ0) is 29.4. The van der Waals surface area contributed by atoms with Crippen molar-refractivity contribution in [2.75, 3.05) is 49.9 Å². The van der Waals surface area contributed by atoms with Crippen LogP contribution in [-0.2, 0) is 13.2 Å². The predicted octanol–water partition coefficient (Wildman–Crippen LogP) is 5.10. The van der Waals surface area contributed by atoms with Gasteiger partial charge in [0.25, 0.3) is 5.91 Å². The largest absolute Gasteiger partial charge is 0.417 e. The molecule has 3 N–H and O–H groups in total. The molecule has 13 heteroatoms. The number of hydrazine groups is 2. The summed E-state index contributed by atoms with van der Waals surface area (Å²) in [5.74, 6) is -0.693. The molecule has 1 aliphatic rings. The number of carbonyl (C=O) groups is 1. The Morgan fingerprint density at radius 3 is 2.50 bits per heavy atom. The van der Waals surface area contributed by atoms with Crippen molar-refractivity contribution in [1.82, 2.24) is 25.2 Å². The molecule has 3 aromatic rings. The highest BCUT2D eigenvalue weighted by molar-refractivity contribution is 6.34. The first-order chi connectivity index (χ1) is 18.8. The third-order valence-corrected chi connectivity index (χ3v) is 7.03. The molecule has 0 spiro atoms. The summed E-state index contributed by atoms with van der Waals surface area (Å²) in [5.41, 5.74) is 6.98. The molecule has 0 atom stereocenters. The fourth-order valence-corrected chi connectivity index (χ4v) is 4.51. The van der Waals surface area contributed by atoms with Crippen molar-refractivity contribution < 1.29 is 18.0 Å². The van der Waals surface area contributed by atoms with Gasteiger partial charge in [0.2, 0.25) is 0 Å². The fourth-order valence-electron chi connectivity index (χ4n) is 4.23. The van der Waals surface area contributed by atoms with E-state index in [-0.39, 0.29) is 11.3 Å². The second-order valence-corrected chi connectivity index (χ2v) is 10.3. The van der Waals surface area contributed by atoms with Gasteiger partial charge in [-0.25, -0.2) is 0 Å². The Balaban J connectivity index is 1.61. The maximum absolute atomic E-state index is 13.8. The molecular formula is C27H32ClF3N8O. The Morgan fingerprint density at radius 1 is 1.15 bits per heavy atom. The van der Waals surface area contributed by atoms with E-state index in [0.29, 0.717) is 18.8 Å². The third-order valence-electron chi connectivity index (χ3n) is 6.62. The van der Waals surface area contributed by atoms with Crippen molar-refractivity contribution in [1.29, 1.82) is 0 Å². The number of aryl methyl sites for hydroxylation is 2. The van der Waals surface area contributed by atoms with Crippen molar-refractivity contribution in [2.45, 2.75) is 20.0 Å². The van der Waals surface area contributed by atoms with Crippen LogP contribution in [0.3, 0.4) is 0 Å². The minimum atomic E-state index is -4.73. The summed E-state index contributed by atoms with van der Waals surface area (Å²) in [6.07, 6.45) is -1.03. The first-order valence-electron chi connectivity index (χ1n) is 12.5. The van der Waals surface area contributed by atoms with Crippen LogP contribution < -0.4 is 21.2 Å². The Hall–Kier alpha value is -3.74. The molecule has 0 radical (unpaired) electrons. The number of nitrogens with one attached hydrogen (secondary N) is 3. The fraction of sp³-hybridized carbons (Fsp3) is 0.333. The number of anilines is 3. The van der Waals surface area contributed by atoms with Gasteiger partial charge in [-0.2, -0.15) is 18.3 Å². The highest BCUT2D eigenvalue weighted by Gasteiger charge is 2.35. The van der Waals surface area contributed by atoms with Gasteiger partial charge in [0.15, 0.2) is 0 Å². The lowest BCUT2D eigenvalue weighted by molar-refractivity contribution is -0.137. The van der Waals surface area contributed by atoms with E-state index in [1.54, 1.807) is 23.0 Å². The monoisotopic (exact) mass is 576 g/mol. The molecule has 0 fully saturated rings. The normalized spacial score (nSPS) is 13.7. The van der Waals surface area contributed by atoms with Gasteiger partial charge in [-0.3, -0.25) is 19.5 Å². The Labute approximate surface area is 236 Å². The molecule has 4 rings (SSSR count). The van der Waals surface area contributed by atoms with E-state index < -0.39 is 22.7 Å². The van der Waals surface area contributed by atoms with Crippen LogP contribution in [0.2, 0.25) is 5.02 Å². The number of amides is 1. The average molecular weight is 577 g/mol. The maximum atomic E-state index is 13.8. The Bertz CT molecular complexity index is 1450. The summed E-state index contributed by atoms with van der Waals surface area (Å²) < 4.78 is 43.0. The predicted molar refractivity (Wildman–Crippen MR) is 152 cm³/mol. The van der Waals surface area contributed by atoms with Crippen molar-refractivity contribution in [3.63, 3.8) is 0 Å². The first-order valence-corrected chi connectivity index (χ1v) is 12.9. The molecule has 1 amide bonds. The second-order valence-electron chi connectivity index (χ2n) is 9.88. The van der Waals surface area contributed by atoms with Crippen molar-refractivity contribution in [2.24, 2.45) is 7.05 Å². The van der Waals surface area contributed by atoms with E-state index in [2.05, 4.69) is 21.3 Å². The lowest BCUT2D eigenvalue weighted by Gasteiger charge is -2.23. The number of carbonyl (C=O) groups excluding carboxylic acids is 1. The number of hydrogen-bond acceptors (Lipinski definition) is 7. The molecule has 214 valence electrons. The number of alkyl halides is 3. The van der Waals surface area contributed by atoms with Gasteiger partial charge in [0, 0.05) is 55.9 Å². The van der Waals surface area contributed by atoms with Crippen LogP contribution in [0.4, 0.5) is 30.2 Å². The van der Waals surface area contributed by atoms with Crippen LogP contribution in [-0.4, -0.2) is 59.8 Å². The van der Waals surface area contributed by atoms with Crippen molar-refractivity contribution in [3.8, 4) is 0 Å².